The molecule has 1 aromatic heterocycles. The van der Waals surface area contributed by atoms with Crippen LogP contribution in [0.15, 0.2) is 35.7 Å². The van der Waals surface area contributed by atoms with E-state index in [1.807, 2.05) is 34.5 Å². The van der Waals surface area contributed by atoms with Gasteiger partial charge >= 0.3 is 0 Å². The summed E-state index contributed by atoms with van der Waals surface area (Å²) in [6, 6.07) is 9.93. The molecule has 1 aliphatic heterocycles. The van der Waals surface area contributed by atoms with Gasteiger partial charge in [-0.05, 0) is 59.9 Å². The highest BCUT2D eigenvalue weighted by Crippen LogP contribution is 2.28. The Labute approximate surface area is 164 Å². The highest BCUT2D eigenvalue weighted by atomic mass is 32.1. The van der Waals surface area contributed by atoms with Crippen molar-refractivity contribution in [1.29, 1.82) is 0 Å². The lowest BCUT2D eigenvalue weighted by Gasteiger charge is -2.29. The number of hydrogen-bond acceptors (Lipinski definition) is 3. The Balaban J connectivity index is 1.40. The maximum absolute atomic E-state index is 12.6. The van der Waals surface area contributed by atoms with Crippen LogP contribution in [0.2, 0.25) is 0 Å². The number of nitrogens with zero attached hydrogens (tertiary/aromatic N) is 1. The van der Waals surface area contributed by atoms with Crippen molar-refractivity contribution in [3.63, 3.8) is 0 Å². The largest absolute Gasteiger partial charge is 0.333 e. The fraction of sp³-hybridized carbons (Fsp3) is 0.455. The monoisotopic (exact) mass is 382 g/mol. The first-order valence-corrected chi connectivity index (χ1v) is 10.8. The van der Waals surface area contributed by atoms with E-state index in [1.165, 1.54) is 49.0 Å². The van der Waals surface area contributed by atoms with Crippen LogP contribution < -0.4 is 5.32 Å². The Morgan fingerprint density at radius 1 is 1.11 bits per heavy atom. The quantitative estimate of drug-likeness (QED) is 0.821. The van der Waals surface area contributed by atoms with Gasteiger partial charge < -0.3 is 10.2 Å². The van der Waals surface area contributed by atoms with Gasteiger partial charge in [0.15, 0.2) is 0 Å². The lowest BCUT2D eigenvalue weighted by Crippen LogP contribution is -2.35. The van der Waals surface area contributed by atoms with E-state index in [-0.39, 0.29) is 11.8 Å². The predicted octanol–water partition coefficient (Wildman–Crippen LogP) is 4.86. The summed E-state index contributed by atoms with van der Waals surface area (Å²) in [5, 5.41) is 5.01. The predicted molar refractivity (Wildman–Crippen MR) is 109 cm³/mol. The number of anilines is 1. The van der Waals surface area contributed by atoms with Gasteiger partial charge in [-0.2, -0.15) is 0 Å². The van der Waals surface area contributed by atoms with Crippen LogP contribution in [0.3, 0.4) is 0 Å². The van der Waals surface area contributed by atoms with Gasteiger partial charge in [-0.1, -0.05) is 31.4 Å². The average Bonchev–Trinajstić information content (AvgIpc) is 3.22. The van der Waals surface area contributed by atoms with E-state index in [2.05, 4.69) is 11.4 Å². The second kappa shape index (κ2) is 8.26. The average molecular weight is 383 g/mol. The summed E-state index contributed by atoms with van der Waals surface area (Å²) < 4.78 is 0. The van der Waals surface area contributed by atoms with Gasteiger partial charge in [-0.15, -0.1) is 11.3 Å². The van der Waals surface area contributed by atoms with Gasteiger partial charge in [0.2, 0.25) is 5.91 Å². The van der Waals surface area contributed by atoms with E-state index in [0.29, 0.717) is 18.9 Å². The van der Waals surface area contributed by atoms with Crippen LogP contribution in [-0.4, -0.2) is 23.3 Å². The van der Waals surface area contributed by atoms with E-state index in [9.17, 15) is 9.59 Å². The van der Waals surface area contributed by atoms with Crippen molar-refractivity contribution in [2.45, 2.75) is 51.5 Å². The summed E-state index contributed by atoms with van der Waals surface area (Å²) in [5.41, 5.74) is 3.26. The molecule has 4 nitrogen and oxygen atoms in total. The molecule has 1 fully saturated rings. The van der Waals surface area contributed by atoms with Crippen LogP contribution in [-0.2, 0) is 17.8 Å². The van der Waals surface area contributed by atoms with Crippen LogP contribution in [0.25, 0.3) is 0 Å². The molecule has 2 amide bonds. The number of hydrogen-bond donors (Lipinski definition) is 1. The molecule has 0 radical (unpaired) electrons. The van der Waals surface area contributed by atoms with E-state index in [4.69, 9.17) is 0 Å². The van der Waals surface area contributed by atoms with Crippen molar-refractivity contribution in [3.05, 3.63) is 51.7 Å². The number of fused-ring (bicyclic) bond motifs is 1. The molecule has 2 heterocycles. The molecular weight excluding hydrogens is 356 g/mol. The standard InChI is InChI=1S/C22H26N2O2S/c25-21(13-16-5-2-1-3-6-16)23-19-9-8-17-10-11-24(15-18(17)14-19)22(26)20-7-4-12-27-20/h4,7-9,12,14,16H,1-3,5-6,10-11,13,15H2,(H,23,25). The molecule has 0 atom stereocenters. The number of nitrogens with one attached hydrogen (secondary N) is 1. The summed E-state index contributed by atoms with van der Waals surface area (Å²) in [5.74, 6) is 0.752. The molecule has 1 saturated carbocycles. The molecule has 1 aromatic carbocycles. The summed E-state index contributed by atoms with van der Waals surface area (Å²) in [6.45, 7) is 1.36. The minimum Gasteiger partial charge on any atom is -0.333 e. The lowest BCUT2D eigenvalue weighted by atomic mass is 9.87. The first-order valence-electron chi connectivity index (χ1n) is 9.93. The molecular formula is C22H26N2O2S. The second-order valence-electron chi connectivity index (χ2n) is 7.69. The molecule has 142 valence electrons. The molecule has 27 heavy (non-hydrogen) atoms. The lowest BCUT2D eigenvalue weighted by molar-refractivity contribution is -0.117. The van der Waals surface area contributed by atoms with Crippen molar-refractivity contribution >= 4 is 28.8 Å². The summed E-state index contributed by atoms with van der Waals surface area (Å²) in [6.07, 6.45) is 7.66. The zero-order valence-electron chi connectivity index (χ0n) is 15.6. The zero-order chi connectivity index (χ0) is 18.6. The fourth-order valence-corrected chi connectivity index (χ4v) is 4.92. The van der Waals surface area contributed by atoms with Crippen LogP contribution in [0.1, 0.15) is 59.3 Å². The molecule has 0 saturated heterocycles. The van der Waals surface area contributed by atoms with E-state index in [0.717, 1.165) is 29.1 Å². The summed E-state index contributed by atoms with van der Waals surface area (Å²) >= 11 is 1.49. The van der Waals surface area contributed by atoms with E-state index in [1.54, 1.807) is 0 Å². The summed E-state index contributed by atoms with van der Waals surface area (Å²) in [4.78, 5) is 27.7. The van der Waals surface area contributed by atoms with Gasteiger partial charge in [0.1, 0.15) is 0 Å². The van der Waals surface area contributed by atoms with Crippen LogP contribution in [0.5, 0.6) is 0 Å². The number of amides is 2. The first kappa shape index (κ1) is 18.2. The third-order valence-electron chi connectivity index (χ3n) is 5.72. The van der Waals surface area contributed by atoms with Crippen molar-refractivity contribution in [2.24, 2.45) is 5.92 Å². The maximum Gasteiger partial charge on any atom is 0.264 e. The molecule has 0 unspecified atom stereocenters. The Morgan fingerprint density at radius 3 is 2.74 bits per heavy atom. The van der Waals surface area contributed by atoms with Crippen LogP contribution in [0.4, 0.5) is 5.69 Å². The minimum atomic E-state index is 0.0994. The SMILES string of the molecule is O=C(CC1CCCCC1)Nc1ccc2c(c1)CN(C(=O)c1cccs1)CC2. The molecule has 0 spiro atoms. The molecule has 2 aliphatic rings. The summed E-state index contributed by atoms with van der Waals surface area (Å²) in [7, 11) is 0. The fourth-order valence-electron chi connectivity index (χ4n) is 4.23. The zero-order valence-corrected chi connectivity index (χ0v) is 16.4. The third kappa shape index (κ3) is 4.41. The Kier molecular flexibility index (Phi) is 5.58. The minimum absolute atomic E-state index is 0.0994. The number of rotatable bonds is 4. The van der Waals surface area contributed by atoms with Gasteiger partial charge in [0.05, 0.1) is 4.88 Å². The van der Waals surface area contributed by atoms with Crippen molar-refractivity contribution in [2.75, 3.05) is 11.9 Å². The molecule has 1 aliphatic carbocycles. The topological polar surface area (TPSA) is 49.4 Å². The number of benzene rings is 1. The van der Waals surface area contributed by atoms with Gasteiger partial charge in [0, 0.05) is 25.2 Å². The van der Waals surface area contributed by atoms with Crippen molar-refractivity contribution in [1.82, 2.24) is 4.90 Å². The van der Waals surface area contributed by atoms with Crippen LogP contribution in [0, 0.1) is 5.92 Å². The molecule has 5 heteroatoms. The molecule has 4 rings (SSSR count). The van der Waals surface area contributed by atoms with Crippen LogP contribution >= 0.6 is 11.3 Å². The molecule has 0 bridgehead atoms. The Morgan fingerprint density at radius 2 is 1.96 bits per heavy atom. The number of carbonyl (C=O) groups excluding carboxylic acids is 2. The van der Waals surface area contributed by atoms with Gasteiger partial charge in [-0.3, -0.25) is 9.59 Å². The first-order chi connectivity index (χ1) is 13.2. The number of carbonyl (C=O) groups is 2. The Bertz CT molecular complexity index is 810. The van der Waals surface area contributed by atoms with Crippen molar-refractivity contribution in [3.8, 4) is 0 Å². The van der Waals surface area contributed by atoms with Crippen molar-refractivity contribution < 1.29 is 9.59 Å². The molecule has 1 N–H and O–H groups in total. The highest BCUT2D eigenvalue weighted by Gasteiger charge is 2.23. The maximum atomic E-state index is 12.6. The van der Waals surface area contributed by atoms with Gasteiger partial charge in [0.25, 0.3) is 5.91 Å². The second-order valence-corrected chi connectivity index (χ2v) is 8.64. The smallest absolute Gasteiger partial charge is 0.264 e. The Hall–Kier alpha value is -2.14. The van der Waals surface area contributed by atoms with E-state index < -0.39 is 0 Å². The number of thiophene rings is 1. The third-order valence-corrected chi connectivity index (χ3v) is 6.58. The van der Waals surface area contributed by atoms with Gasteiger partial charge in [-0.25, -0.2) is 0 Å². The normalized spacial score (nSPS) is 17.4. The highest BCUT2D eigenvalue weighted by molar-refractivity contribution is 7.12. The molecule has 2 aromatic rings. The van der Waals surface area contributed by atoms with E-state index >= 15 is 0 Å².